The third-order valence-corrected chi connectivity index (χ3v) is 2.93. The van der Waals surface area contributed by atoms with Crippen molar-refractivity contribution < 1.29 is 19.5 Å². The Balaban J connectivity index is 4.46. The summed E-state index contributed by atoms with van der Waals surface area (Å²) in [5.41, 5.74) is 0. The van der Waals surface area contributed by atoms with Gasteiger partial charge < -0.3 is 15.7 Å². The smallest absolute Gasteiger partial charge is 0.303 e. The lowest BCUT2D eigenvalue weighted by Crippen LogP contribution is -2.47. The average Bonchev–Trinajstić information content (AvgIpc) is 2.38. The first-order valence-electron chi connectivity index (χ1n) is 7.51. The van der Waals surface area contributed by atoms with Crippen LogP contribution in [0.4, 0.5) is 0 Å². The maximum atomic E-state index is 12.0. The van der Waals surface area contributed by atoms with Gasteiger partial charge in [0, 0.05) is 19.4 Å². The molecule has 0 rings (SSSR count). The lowest BCUT2D eigenvalue weighted by atomic mass is 10.1. The number of hydrogen-bond acceptors (Lipinski definition) is 3. The molecule has 0 aromatic carbocycles. The second-order valence-electron chi connectivity index (χ2n) is 6.12. The van der Waals surface area contributed by atoms with Gasteiger partial charge in [0.2, 0.25) is 11.8 Å². The molecule has 0 aliphatic heterocycles. The van der Waals surface area contributed by atoms with Crippen LogP contribution in [-0.2, 0) is 14.4 Å². The standard InChI is InChI=1S/C15H28N2O4/c1-10(2)5-7-13(18)17-12(6-8-14(19)20)15(21)16-9-11(3)4/h10-12H,5-9H2,1-4H3,(H,16,21)(H,17,18)(H,19,20)/t12-/m0/s1. The minimum atomic E-state index is -0.979. The number of rotatable bonds is 10. The van der Waals surface area contributed by atoms with E-state index >= 15 is 0 Å². The fraction of sp³-hybridized carbons (Fsp3) is 0.800. The lowest BCUT2D eigenvalue weighted by Gasteiger charge is -2.19. The molecular weight excluding hydrogens is 272 g/mol. The predicted molar refractivity (Wildman–Crippen MR) is 80.7 cm³/mol. The van der Waals surface area contributed by atoms with Gasteiger partial charge in [0.15, 0.2) is 0 Å². The highest BCUT2D eigenvalue weighted by Gasteiger charge is 2.21. The number of aliphatic carboxylic acids is 1. The second-order valence-corrected chi connectivity index (χ2v) is 6.12. The van der Waals surface area contributed by atoms with E-state index in [1.165, 1.54) is 0 Å². The average molecular weight is 300 g/mol. The van der Waals surface area contributed by atoms with Crippen LogP contribution in [0.5, 0.6) is 0 Å². The summed E-state index contributed by atoms with van der Waals surface area (Å²) < 4.78 is 0. The highest BCUT2D eigenvalue weighted by atomic mass is 16.4. The number of carboxylic acid groups (broad SMARTS) is 1. The summed E-state index contributed by atoms with van der Waals surface area (Å²) in [6.07, 6.45) is 1.04. The molecule has 0 aliphatic rings. The zero-order chi connectivity index (χ0) is 16.4. The van der Waals surface area contributed by atoms with E-state index in [4.69, 9.17) is 5.11 Å². The number of carbonyl (C=O) groups excluding carboxylic acids is 2. The van der Waals surface area contributed by atoms with Crippen LogP contribution in [0.15, 0.2) is 0 Å². The number of amides is 2. The van der Waals surface area contributed by atoms with Crippen LogP contribution < -0.4 is 10.6 Å². The quantitative estimate of drug-likeness (QED) is 0.570. The van der Waals surface area contributed by atoms with Gasteiger partial charge in [-0.2, -0.15) is 0 Å². The molecule has 2 amide bonds. The molecule has 0 bridgehead atoms. The Morgan fingerprint density at radius 3 is 2.05 bits per heavy atom. The molecule has 3 N–H and O–H groups in total. The first-order chi connectivity index (χ1) is 9.72. The molecule has 0 saturated heterocycles. The van der Waals surface area contributed by atoms with Crippen molar-refractivity contribution in [3.05, 3.63) is 0 Å². The largest absolute Gasteiger partial charge is 0.481 e. The van der Waals surface area contributed by atoms with E-state index in [1.54, 1.807) is 0 Å². The predicted octanol–water partition coefficient (Wildman–Crippen LogP) is 1.54. The van der Waals surface area contributed by atoms with Crippen LogP contribution in [0, 0.1) is 11.8 Å². The first kappa shape index (κ1) is 19.4. The van der Waals surface area contributed by atoms with Crippen molar-refractivity contribution >= 4 is 17.8 Å². The van der Waals surface area contributed by atoms with E-state index in [1.807, 2.05) is 27.7 Å². The molecule has 0 unspecified atom stereocenters. The van der Waals surface area contributed by atoms with Crippen molar-refractivity contribution in [2.24, 2.45) is 11.8 Å². The Bertz CT molecular complexity index is 354. The molecule has 0 aromatic rings. The van der Waals surface area contributed by atoms with E-state index in [9.17, 15) is 14.4 Å². The number of nitrogens with one attached hydrogen (secondary N) is 2. The lowest BCUT2D eigenvalue weighted by molar-refractivity contribution is -0.138. The van der Waals surface area contributed by atoms with E-state index in [-0.39, 0.29) is 24.7 Å². The Morgan fingerprint density at radius 1 is 0.952 bits per heavy atom. The second kappa shape index (κ2) is 10.2. The fourth-order valence-electron chi connectivity index (χ4n) is 1.65. The van der Waals surface area contributed by atoms with E-state index in [2.05, 4.69) is 10.6 Å². The van der Waals surface area contributed by atoms with Gasteiger partial charge in [0.05, 0.1) is 0 Å². The number of carbonyl (C=O) groups is 3. The number of carboxylic acids is 1. The number of hydrogen-bond donors (Lipinski definition) is 3. The fourth-order valence-corrected chi connectivity index (χ4v) is 1.65. The molecule has 0 radical (unpaired) electrons. The molecule has 0 saturated carbocycles. The monoisotopic (exact) mass is 300 g/mol. The Labute approximate surface area is 126 Å². The molecule has 6 nitrogen and oxygen atoms in total. The highest BCUT2D eigenvalue weighted by molar-refractivity contribution is 5.88. The van der Waals surface area contributed by atoms with Crippen LogP contribution in [-0.4, -0.2) is 35.5 Å². The molecule has 1 atom stereocenters. The SMILES string of the molecule is CC(C)CCC(=O)N[C@@H](CCC(=O)O)C(=O)NCC(C)C. The summed E-state index contributed by atoms with van der Waals surface area (Å²) in [5.74, 6) is -0.802. The molecule has 0 heterocycles. The molecule has 0 fully saturated rings. The summed E-state index contributed by atoms with van der Waals surface area (Å²) in [5, 5.41) is 14.1. The van der Waals surface area contributed by atoms with Crippen LogP contribution in [0.1, 0.15) is 53.4 Å². The van der Waals surface area contributed by atoms with Gasteiger partial charge in [-0.1, -0.05) is 27.7 Å². The summed E-state index contributed by atoms with van der Waals surface area (Å²) >= 11 is 0. The van der Waals surface area contributed by atoms with Gasteiger partial charge in [0.1, 0.15) is 6.04 Å². The highest BCUT2D eigenvalue weighted by Crippen LogP contribution is 2.05. The first-order valence-corrected chi connectivity index (χ1v) is 7.51. The zero-order valence-electron chi connectivity index (χ0n) is 13.4. The van der Waals surface area contributed by atoms with E-state index in [0.717, 1.165) is 6.42 Å². The normalized spacial score (nSPS) is 12.3. The summed E-state index contributed by atoms with van der Waals surface area (Å²) in [6, 6.07) is -0.778. The summed E-state index contributed by atoms with van der Waals surface area (Å²) in [4.78, 5) is 34.5. The van der Waals surface area contributed by atoms with Gasteiger partial charge in [0.25, 0.3) is 0 Å². The van der Waals surface area contributed by atoms with Gasteiger partial charge in [-0.3, -0.25) is 14.4 Å². The van der Waals surface area contributed by atoms with E-state index in [0.29, 0.717) is 24.8 Å². The summed E-state index contributed by atoms with van der Waals surface area (Å²) in [6.45, 7) is 8.47. The maximum absolute atomic E-state index is 12.0. The minimum absolute atomic E-state index is 0.104. The molecule has 6 heteroatoms. The maximum Gasteiger partial charge on any atom is 0.303 e. The van der Waals surface area contributed by atoms with Gasteiger partial charge in [-0.05, 0) is 24.7 Å². The third-order valence-electron chi connectivity index (χ3n) is 2.93. The molecule has 0 aliphatic carbocycles. The van der Waals surface area contributed by atoms with Gasteiger partial charge in [-0.15, -0.1) is 0 Å². The molecular formula is C15H28N2O4. The van der Waals surface area contributed by atoms with Crippen LogP contribution in [0.25, 0.3) is 0 Å². The zero-order valence-corrected chi connectivity index (χ0v) is 13.4. The minimum Gasteiger partial charge on any atom is -0.481 e. The van der Waals surface area contributed by atoms with Gasteiger partial charge >= 0.3 is 5.97 Å². The topological polar surface area (TPSA) is 95.5 Å². The molecule has 0 spiro atoms. The molecule has 0 aromatic heterocycles. The molecule has 122 valence electrons. The van der Waals surface area contributed by atoms with E-state index < -0.39 is 12.0 Å². The molecule has 21 heavy (non-hydrogen) atoms. The van der Waals surface area contributed by atoms with Crippen molar-refractivity contribution in [1.29, 1.82) is 0 Å². The van der Waals surface area contributed by atoms with Crippen molar-refractivity contribution in [2.45, 2.75) is 59.4 Å². The Hall–Kier alpha value is -1.59. The van der Waals surface area contributed by atoms with Crippen LogP contribution in [0.3, 0.4) is 0 Å². The van der Waals surface area contributed by atoms with Crippen molar-refractivity contribution in [3.8, 4) is 0 Å². The van der Waals surface area contributed by atoms with Crippen molar-refractivity contribution in [1.82, 2.24) is 10.6 Å². The Morgan fingerprint density at radius 2 is 1.57 bits per heavy atom. The van der Waals surface area contributed by atoms with Crippen LogP contribution >= 0.6 is 0 Å². The van der Waals surface area contributed by atoms with Gasteiger partial charge in [-0.25, -0.2) is 0 Å². The van der Waals surface area contributed by atoms with Crippen molar-refractivity contribution in [3.63, 3.8) is 0 Å². The third kappa shape index (κ3) is 10.8. The van der Waals surface area contributed by atoms with Crippen molar-refractivity contribution in [2.75, 3.05) is 6.54 Å². The Kier molecular flexibility index (Phi) is 9.41. The van der Waals surface area contributed by atoms with Crippen LogP contribution in [0.2, 0.25) is 0 Å². The summed E-state index contributed by atoms with van der Waals surface area (Å²) in [7, 11) is 0.